The zero-order valence-corrected chi connectivity index (χ0v) is 11.2. The number of rotatable bonds is 4. The second-order valence-electron chi connectivity index (χ2n) is 4.45. The van der Waals surface area contributed by atoms with Crippen LogP contribution in [0.25, 0.3) is 0 Å². The molecule has 1 heterocycles. The highest BCUT2D eigenvalue weighted by atomic mass is 79.9. The molecule has 0 aromatic rings. The van der Waals surface area contributed by atoms with Gasteiger partial charge in [-0.25, -0.2) is 0 Å². The molecule has 0 aliphatic carbocycles. The maximum atomic E-state index is 5.34. The third-order valence-electron chi connectivity index (χ3n) is 2.26. The van der Waals surface area contributed by atoms with E-state index in [1.165, 1.54) is 4.48 Å². The van der Waals surface area contributed by atoms with E-state index in [1.807, 2.05) is 13.0 Å². The normalized spacial score (nSPS) is 20.4. The zero-order valence-electron chi connectivity index (χ0n) is 9.63. The van der Waals surface area contributed by atoms with E-state index in [4.69, 9.17) is 9.47 Å². The number of ether oxygens (including phenoxy) is 2. The van der Waals surface area contributed by atoms with Gasteiger partial charge in [-0.05, 0) is 29.3 Å². The van der Waals surface area contributed by atoms with Gasteiger partial charge < -0.3 is 9.47 Å². The number of hydrogen-bond donors (Lipinski definition) is 0. The predicted octanol–water partition coefficient (Wildman–Crippen LogP) is 3.63. The molecule has 15 heavy (non-hydrogen) atoms. The summed E-state index contributed by atoms with van der Waals surface area (Å²) in [5.41, 5.74) is 0.143. The first-order chi connectivity index (χ1) is 6.99. The molecular weight excluding hydrogens is 256 g/mol. The van der Waals surface area contributed by atoms with E-state index in [9.17, 15) is 0 Å². The lowest BCUT2D eigenvalue weighted by Gasteiger charge is -2.18. The average molecular weight is 275 g/mol. The molecule has 0 N–H and O–H groups in total. The van der Waals surface area contributed by atoms with Gasteiger partial charge in [0.15, 0.2) is 6.29 Å². The largest absolute Gasteiger partial charge is 0.347 e. The summed E-state index contributed by atoms with van der Waals surface area (Å²) in [5.74, 6) is 0. The fourth-order valence-electron chi connectivity index (χ4n) is 1.30. The van der Waals surface area contributed by atoms with Crippen LogP contribution < -0.4 is 0 Å². The van der Waals surface area contributed by atoms with Crippen LogP contribution in [0.3, 0.4) is 0 Å². The maximum absolute atomic E-state index is 5.34. The first kappa shape index (κ1) is 12.9. The number of hydrogen-bond acceptors (Lipinski definition) is 2. The standard InChI is InChI=1S/C12H19BrO2/c1-10(13)4-6-12(2,3)7-5-11-14-8-9-15-11/h4-5,7,11H,6,8-9H2,1-3H3/b7-5+,10-4+. The van der Waals surface area contributed by atoms with Crippen LogP contribution in [0, 0.1) is 5.41 Å². The third-order valence-corrected chi connectivity index (χ3v) is 2.59. The van der Waals surface area contributed by atoms with Crippen molar-refractivity contribution >= 4 is 15.9 Å². The van der Waals surface area contributed by atoms with Crippen molar-refractivity contribution in [2.75, 3.05) is 13.2 Å². The Labute approximate surface area is 100 Å². The SMILES string of the molecule is C/C(Br)=C\CC(C)(C)/C=C/C1OCCO1. The van der Waals surface area contributed by atoms with Crippen molar-refractivity contribution < 1.29 is 9.47 Å². The molecule has 86 valence electrons. The van der Waals surface area contributed by atoms with Gasteiger partial charge in [-0.2, -0.15) is 0 Å². The van der Waals surface area contributed by atoms with E-state index in [0.717, 1.165) is 6.42 Å². The van der Waals surface area contributed by atoms with Crippen LogP contribution >= 0.6 is 15.9 Å². The molecule has 0 radical (unpaired) electrons. The van der Waals surface area contributed by atoms with Gasteiger partial charge >= 0.3 is 0 Å². The lowest BCUT2D eigenvalue weighted by atomic mass is 9.89. The summed E-state index contributed by atoms with van der Waals surface area (Å²) in [6.45, 7) is 7.85. The molecule has 1 aliphatic rings. The Morgan fingerprint density at radius 2 is 2.00 bits per heavy atom. The van der Waals surface area contributed by atoms with Crippen molar-refractivity contribution in [1.82, 2.24) is 0 Å². The van der Waals surface area contributed by atoms with Gasteiger partial charge in [-0.1, -0.05) is 41.9 Å². The van der Waals surface area contributed by atoms with Crippen LogP contribution in [0.2, 0.25) is 0 Å². The van der Waals surface area contributed by atoms with Crippen molar-refractivity contribution in [3.05, 3.63) is 22.7 Å². The van der Waals surface area contributed by atoms with Gasteiger partial charge in [0.25, 0.3) is 0 Å². The molecule has 0 amide bonds. The molecule has 0 atom stereocenters. The quantitative estimate of drug-likeness (QED) is 0.729. The van der Waals surface area contributed by atoms with E-state index < -0.39 is 0 Å². The Morgan fingerprint density at radius 1 is 1.40 bits per heavy atom. The van der Waals surface area contributed by atoms with Crippen LogP contribution in [-0.2, 0) is 9.47 Å². The topological polar surface area (TPSA) is 18.5 Å². The molecule has 0 spiro atoms. The summed E-state index contributed by atoms with van der Waals surface area (Å²) < 4.78 is 11.9. The molecule has 0 aromatic heterocycles. The molecule has 1 saturated heterocycles. The predicted molar refractivity (Wildman–Crippen MR) is 65.9 cm³/mol. The third kappa shape index (κ3) is 5.50. The Bertz CT molecular complexity index is 246. The summed E-state index contributed by atoms with van der Waals surface area (Å²) in [6.07, 6.45) is 7.21. The second kappa shape index (κ2) is 5.83. The van der Waals surface area contributed by atoms with Crippen molar-refractivity contribution in [3.63, 3.8) is 0 Å². The molecule has 0 saturated carbocycles. The Hall–Kier alpha value is -0.120. The molecule has 0 unspecified atom stereocenters. The van der Waals surface area contributed by atoms with Crippen molar-refractivity contribution in [1.29, 1.82) is 0 Å². The summed E-state index contributed by atoms with van der Waals surface area (Å²) in [7, 11) is 0. The molecule has 0 aromatic carbocycles. The minimum atomic E-state index is -0.140. The fourth-order valence-corrected chi connectivity index (χ4v) is 1.46. The highest BCUT2D eigenvalue weighted by Crippen LogP contribution is 2.25. The summed E-state index contributed by atoms with van der Waals surface area (Å²) in [5, 5.41) is 0. The summed E-state index contributed by atoms with van der Waals surface area (Å²) >= 11 is 3.43. The Morgan fingerprint density at radius 3 is 2.53 bits per heavy atom. The molecule has 2 nitrogen and oxygen atoms in total. The zero-order chi connectivity index (χ0) is 11.3. The minimum Gasteiger partial charge on any atom is -0.347 e. The van der Waals surface area contributed by atoms with Gasteiger partial charge in [-0.15, -0.1) is 0 Å². The van der Waals surface area contributed by atoms with E-state index in [-0.39, 0.29) is 11.7 Å². The maximum Gasteiger partial charge on any atom is 0.177 e. The average Bonchev–Trinajstić information content (AvgIpc) is 2.65. The number of allylic oxidation sites excluding steroid dienone is 3. The first-order valence-electron chi connectivity index (χ1n) is 5.24. The van der Waals surface area contributed by atoms with Crippen LogP contribution in [0.5, 0.6) is 0 Å². The highest BCUT2D eigenvalue weighted by Gasteiger charge is 2.16. The first-order valence-corrected chi connectivity index (χ1v) is 6.04. The molecule has 1 aliphatic heterocycles. The van der Waals surface area contributed by atoms with E-state index >= 15 is 0 Å². The van der Waals surface area contributed by atoms with Crippen molar-refractivity contribution in [3.8, 4) is 0 Å². The molecule has 1 fully saturated rings. The summed E-state index contributed by atoms with van der Waals surface area (Å²) in [6, 6.07) is 0. The molecular formula is C12H19BrO2. The van der Waals surface area contributed by atoms with Crippen LogP contribution in [0.4, 0.5) is 0 Å². The van der Waals surface area contributed by atoms with Crippen LogP contribution in [0.15, 0.2) is 22.7 Å². The van der Waals surface area contributed by atoms with Crippen LogP contribution in [-0.4, -0.2) is 19.5 Å². The molecule has 3 heteroatoms. The molecule has 1 rings (SSSR count). The smallest absolute Gasteiger partial charge is 0.177 e. The van der Waals surface area contributed by atoms with Crippen molar-refractivity contribution in [2.24, 2.45) is 5.41 Å². The fraction of sp³-hybridized carbons (Fsp3) is 0.667. The number of halogens is 1. The van der Waals surface area contributed by atoms with Crippen LogP contribution in [0.1, 0.15) is 27.2 Å². The van der Waals surface area contributed by atoms with Crippen molar-refractivity contribution in [2.45, 2.75) is 33.5 Å². The Balaban J connectivity index is 2.43. The lowest BCUT2D eigenvalue weighted by molar-refractivity contribution is -0.00220. The second-order valence-corrected chi connectivity index (χ2v) is 5.70. The summed E-state index contributed by atoms with van der Waals surface area (Å²) in [4.78, 5) is 0. The van der Waals surface area contributed by atoms with Gasteiger partial charge in [0, 0.05) is 0 Å². The minimum absolute atomic E-state index is 0.140. The monoisotopic (exact) mass is 274 g/mol. The van der Waals surface area contributed by atoms with Gasteiger partial charge in [0.05, 0.1) is 13.2 Å². The van der Waals surface area contributed by atoms with Gasteiger partial charge in [0.2, 0.25) is 0 Å². The van der Waals surface area contributed by atoms with E-state index in [1.54, 1.807) is 0 Å². The highest BCUT2D eigenvalue weighted by molar-refractivity contribution is 9.11. The van der Waals surface area contributed by atoms with E-state index in [2.05, 4.69) is 41.9 Å². The van der Waals surface area contributed by atoms with E-state index in [0.29, 0.717) is 13.2 Å². The van der Waals surface area contributed by atoms with Gasteiger partial charge in [-0.3, -0.25) is 0 Å². The Kier molecular flexibility index (Phi) is 5.03. The molecule has 0 bridgehead atoms. The lowest BCUT2D eigenvalue weighted by Crippen LogP contribution is -2.09. The van der Waals surface area contributed by atoms with Gasteiger partial charge in [0.1, 0.15) is 0 Å².